The normalized spacial score (nSPS) is 26.0. The van der Waals surface area contributed by atoms with Gasteiger partial charge in [-0.15, -0.1) is 0 Å². The summed E-state index contributed by atoms with van der Waals surface area (Å²) in [7, 11) is 6.90. The van der Waals surface area contributed by atoms with Crippen molar-refractivity contribution < 1.29 is 44.3 Å². The summed E-state index contributed by atoms with van der Waals surface area (Å²) >= 11 is 0. The van der Waals surface area contributed by atoms with Crippen molar-refractivity contribution in [1.29, 1.82) is 0 Å². The molecule has 1 amide bonds. The lowest BCUT2D eigenvalue weighted by Gasteiger charge is -2.50. The number of amides is 1. The maximum atomic E-state index is 13.9. The van der Waals surface area contributed by atoms with E-state index in [1.54, 1.807) is 6.07 Å². The summed E-state index contributed by atoms with van der Waals surface area (Å²) in [5, 5.41) is 44.5. The van der Waals surface area contributed by atoms with E-state index in [1.165, 1.54) is 37.2 Å². The fourth-order valence-corrected chi connectivity index (χ4v) is 6.18. The highest BCUT2D eigenvalue weighted by Crippen LogP contribution is 2.53. The van der Waals surface area contributed by atoms with E-state index in [-0.39, 0.29) is 36.3 Å². The van der Waals surface area contributed by atoms with Crippen LogP contribution in [0.1, 0.15) is 29.5 Å². The maximum absolute atomic E-state index is 13.9. The van der Waals surface area contributed by atoms with Crippen LogP contribution in [0.4, 0.5) is 0 Å². The minimum atomic E-state index is -2.70. The van der Waals surface area contributed by atoms with Crippen molar-refractivity contribution in [2.45, 2.75) is 30.9 Å². The van der Waals surface area contributed by atoms with Gasteiger partial charge in [0.25, 0.3) is 5.91 Å². The van der Waals surface area contributed by atoms with Gasteiger partial charge >= 0.3 is 5.97 Å². The van der Waals surface area contributed by atoms with Crippen LogP contribution >= 0.6 is 0 Å². The monoisotopic (exact) mass is 569 g/mol. The molecule has 12 nitrogen and oxygen atoms in total. The quantitative estimate of drug-likeness (QED) is 0.127. The second-order valence-electron chi connectivity index (χ2n) is 11.1. The molecule has 4 rings (SSSR count). The molecule has 0 aliphatic heterocycles. The number of esters is 1. The third-order valence-corrected chi connectivity index (χ3v) is 8.03. The number of phenolic OH excluding ortho intramolecular Hbond substituents is 1. The number of rotatable bonds is 8. The maximum Gasteiger partial charge on any atom is 0.330 e. The Labute approximate surface area is 237 Å². The van der Waals surface area contributed by atoms with Gasteiger partial charge < -0.3 is 35.8 Å². The molecule has 220 valence electrons. The van der Waals surface area contributed by atoms with Gasteiger partial charge in [0.2, 0.25) is 5.78 Å². The molecule has 1 aromatic rings. The molecule has 0 bridgehead atoms. The largest absolute Gasteiger partial charge is 0.508 e. The van der Waals surface area contributed by atoms with Crippen molar-refractivity contribution in [2.24, 2.45) is 17.6 Å². The number of hydrogen-bond acceptors (Lipinski definition) is 11. The van der Waals surface area contributed by atoms with Crippen LogP contribution in [-0.4, -0.2) is 107 Å². The molecular formula is C29H35N3O9. The van der Waals surface area contributed by atoms with E-state index in [1.807, 2.05) is 19.0 Å². The Balaban J connectivity index is 1.75. The Bertz CT molecular complexity index is 1410. The summed E-state index contributed by atoms with van der Waals surface area (Å²) < 4.78 is 5.22. The van der Waals surface area contributed by atoms with Gasteiger partial charge in [0.1, 0.15) is 22.8 Å². The number of Topliss-reactive ketones (excluding diaryl/α,β-unsaturated/α-hetero) is 2. The first-order chi connectivity index (χ1) is 19.2. The summed E-state index contributed by atoms with van der Waals surface area (Å²) in [5.74, 6) is -7.73. The third-order valence-electron chi connectivity index (χ3n) is 8.03. The first-order valence-electron chi connectivity index (χ1n) is 13.2. The highest BCUT2D eigenvalue weighted by Gasteiger charge is 2.64. The molecule has 0 saturated heterocycles. The van der Waals surface area contributed by atoms with E-state index in [9.17, 15) is 39.6 Å². The molecule has 6 N–H and O–H groups in total. The van der Waals surface area contributed by atoms with Crippen LogP contribution in [0.3, 0.4) is 0 Å². The lowest BCUT2D eigenvalue weighted by molar-refractivity contribution is -0.153. The Hall–Kier alpha value is -4.00. The molecule has 41 heavy (non-hydrogen) atoms. The Morgan fingerprint density at radius 2 is 1.83 bits per heavy atom. The lowest BCUT2D eigenvalue weighted by atomic mass is 9.57. The van der Waals surface area contributed by atoms with E-state index in [0.29, 0.717) is 17.5 Å². The molecule has 0 spiro atoms. The minimum Gasteiger partial charge on any atom is -0.508 e. The zero-order valence-electron chi connectivity index (χ0n) is 23.4. The number of nitrogens with zero attached hydrogens (tertiary/aromatic N) is 2. The third kappa shape index (κ3) is 5.03. The molecule has 12 heteroatoms. The first kappa shape index (κ1) is 30.0. The summed E-state index contributed by atoms with van der Waals surface area (Å²) in [6.07, 6.45) is 3.47. The first-order valence-corrected chi connectivity index (χ1v) is 13.2. The number of carbonyl (C=O) groups excluding carboxylic acids is 4. The topological polar surface area (TPSA) is 191 Å². The smallest absolute Gasteiger partial charge is 0.330 e. The van der Waals surface area contributed by atoms with Crippen LogP contribution in [-0.2, 0) is 30.3 Å². The Kier molecular flexibility index (Phi) is 8.12. The molecule has 3 aliphatic carbocycles. The minimum absolute atomic E-state index is 0.0293. The van der Waals surface area contributed by atoms with Gasteiger partial charge in [-0.05, 0) is 76.6 Å². The number of carbonyl (C=O) groups is 4. The second kappa shape index (κ2) is 11.1. The van der Waals surface area contributed by atoms with Crippen molar-refractivity contribution in [2.75, 3.05) is 41.3 Å². The SMILES string of the molecule is CN(C)CCCOC(=O)/C=C/c1ccc(O)c2c1CC1CC3C(N(C)C)C(=O)C(C(N)=O)=C(O)C3(O)C(=O)C1=C2O. The van der Waals surface area contributed by atoms with Gasteiger partial charge in [-0.25, -0.2) is 4.79 Å². The zero-order chi connectivity index (χ0) is 30.4. The average molecular weight is 570 g/mol. The van der Waals surface area contributed by atoms with Gasteiger partial charge in [0, 0.05) is 24.1 Å². The zero-order valence-corrected chi connectivity index (χ0v) is 23.4. The number of ether oxygens (including phenoxy) is 1. The molecule has 3 aliphatic rings. The summed E-state index contributed by atoms with van der Waals surface area (Å²) in [6.45, 7) is 0.991. The number of aromatic hydroxyl groups is 1. The second-order valence-corrected chi connectivity index (χ2v) is 11.1. The molecule has 0 aromatic heterocycles. The van der Waals surface area contributed by atoms with Crippen molar-refractivity contribution in [1.82, 2.24) is 9.80 Å². The Morgan fingerprint density at radius 1 is 1.15 bits per heavy atom. The molecule has 1 saturated carbocycles. The van der Waals surface area contributed by atoms with Crippen LogP contribution in [0.5, 0.6) is 5.75 Å². The number of aliphatic hydroxyl groups is 3. The van der Waals surface area contributed by atoms with E-state index < -0.39 is 64.0 Å². The summed E-state index contributed by atoms with van der Waals surface area (Å²) in [4.78, 5) is 54.8. The number of ketones is 2. The van der Waals surface area contributed by atoms with Crippen molar-refractivity contribution in [3.8, 4) is 5.75 Å². The van der Waals surface area contributed by atoms with Gasteiger partial charge in [-0.3, -0.25) is 19.3 Å². The summed E-state index contributed by atoms with van der Waals surface area (Å²) in [5.41, 5.74) is 2.42. The van der Waals surface area contributed by atoms with Crippen LogP contribution in [0.25, 0.3) is 11.8 Å². The molecule has 4 unspecified atom stereocenters. The molecule has 1 fully saturated rings. The Morgan fingerprint density at radius 3 is 2.44 bits per heavy atom. The molecular weight excluding hydrogens is 534 g/mol. The lowest BCUT2D eigenvalue weighted by Crippen LogP contribution is -2.65. The number of likely N-dealkylation sites (N-methyl/N-ethyl adjacent to an activating group) is 1. The van der Waals surface area contributed by atoms with Crippen molar-refractivity contribution in [3.63, 3.8) is 0 Å². The molecule has 0 heterocycles. The van der Waals surface area contributed by atoms with Crippen LogP contribution in [0.2, 0.25) is 0 Å². The van der Waals surface area contributed by atoms with Crippen LogP contribution < -0.4 is 5.73 Å². The van der Waals surface area contributed by atoms with Crippen LogP contribution in [0, 0.1) is 11.8 Å². The van der Waals surface area contributed by atoms with E-state index >= 15 is 0 Å². The highest BCUT2D eigenvalue weighted by atomic mass is 16.5. The van der Waals surface area contributed by atoms with E-state index in [2.05, 4.69) is 0 Å². The van der Waals surface area contributed by atoms with Gasteiger partial charge in [0.15, 0.2) is 11.4 Å². The number of primary amides is 1. The van der Waals surface area contributed by atoms with Gasteiger partial charge in [-0.1, -0.05) is 6.07 Å². The summed E-state index contributed by atoms with van der Waals surface area (Å²) in [6, 6.07) is 1.69. The van der Waals surface area contributed by atoms with Crippen molar-refractivity contribution >= 4 is 35.3 Å². The van der Waals surface area contributed by atoms with E-state index in [0.717, 1.165) is 6.54 Å². The number of aliphatic hydroxyl groups excluding tert-OH is 2. The number of nitrogens with two attached hydrogens (primary N) is 1. The number of hydrogen-bond donors (Lipinski definition) is 5. The molecule has 4 atom stereocenters. The predicted molar refractivity (Wildman–Crippen MR) is 147 cm³/mol. The molecule has 1 aromatic carbocycles. The van der Waals surface area contributed by atoms with E-state index in [4.69, 9.17) is 10.5 Å². The number of phenols is 1. The average Bonchev–Trinajstić information content (AvgIpc) is 2.87. The predicted octanol–water partition coefficient (Wildman–Crippen LogP) is 0.472. The van der Waals surface area contributed by atoms with Gasteiger partial charge in [0.05, 0.1) is 18.2 Å². The number of fused-ring (bicyclic) bond motifs is 3. The standard InChI is InChI=1S/C29H35N3O9/c1-31(2)10-5-11-41-19(34)9-7-14-6-8-18(33)21-16(14)12-15-13-17-23(32(3)4)25(36)22(28(30)39)27(38)29(17,40)26(37)20(15)24(21)35/h6-9,15,17,23,33,35,38,40H,5,10-13H2,1-4H3,(H2,30,39)/b9-7+. The van der Waals surface area contributed by atoms with Gasteiger partial charge in [-0.2, -0.15) is 0 Å². The fourth-order valence-electron chi connectivity index (χ4n) is 6.18. The number of benzene rings is 1. The fraction of sp³-hybridized carbons (Fsp3) is 0.448. The highest BCUT2D eigenvalue weighted by molar-refractivity contribution is 6.24. The van der Waals surface area contributed by atoms with Crippen molar-refractivity contribution in [3.05, 3.63) is 51.8 Å². The molecule has 0 radical (unpaired) electrons. The van der Waals surface area contributed by atoms with Crippen LogP contribution in [0.15, 0.2) is 35.1 Å².